The summed E-state index contributed by atoms with van der Waals surface area (Å²) in [5, 5.41) is 3.34. The second-order valence-electron chi connectivity index (χ2n) is 6.15. The Balaban J connectivity index is 1.51. The van der Waals surface area contributed by atoms with Crippen molar-refractivity contribution >= 4 is 17.3 Å². The van der Waals surface area contributed by atoms with E-state index in [4.69, 9.17) is 9.47 Å². The standard InChI is InChI=1S/C18H22N4O2/c1-2-4-8-22(7-3-1)18-12-17(19-13-20-18)21-14-5-6-15-16(11-14)24-10-9-23-15/h5-6,11-13H,1-4,7-10H2,(H,19,20,21). The van der Waals surface area contributed by atoms with Crippen molar-refractivity contribution in [2.24, 2.45) is 0 Å². The molecule has 1 aromatic heterocycles. The Kier molecular flexibility index (Phi) is 4.36. The molecule has 0 bridgehead atoms. The summed E-state index contributed by atoms with van der Waals surface area (Å²) in [6, 6.07) is 7.86. The van der Waals surface area contributed by atoms with Gasteiger partial charge >= 0.3 is 0 Å². The van der Waals surface area contributed by atoms with Crippen LogP contribution >= 0.6 is 0 Å². The molecule has 1 N–H and O–H groups in total. The second kappa shape index (κ2) is 6.95. The van der Waals surface area contributed by atoms with E-state index in [1.54, 1.807) is 6.33 Å². The van der Waals surface area contributed by atoms with Crippen LogP contribution in [0, 0.1) is 0 Å². The van der Waals surface area contributed by atoms with E-state index in [0.717, 1.165) is 41.9 Å². The molecule has 3 heterocycles. The van der Waals surface area contributed by atoms with Gasteiger partial charge in [0.25, 0.3) is 0 Å². The van der Waals surface area contributed by atoms with Gasteiger partial charge < -0.3 is 19.7 Å². The van der Waals surface area contributed by atoms with E-state index in [0.29, 0.717) is 13.2 Å². The van der Waals surface area contributed by atoms with Crippen LogP contribution in [-0.4, -0.2) is 36.3 Å². The van der Waals surface area contributed by atoms with Gasteiger partial charge in [0.1, 0.15) is 31.2 Å². The molecule has 4 rings (SSSR count). The van der Waals surface area contributed by atoms with Crippen LogP contribution in [0.5, 0.6) is 11.5 Å². The molecule has 2 aromatic rings. The summed E-state index contributed by atoms with van der Waals surface area (Å²) < 4.78 is 11.2. The largest absolute Gasteiger partial charge is 0.486 e. The van der Waals surface area contributed by atoms with Gasteiger partial charge in [0, 0.05) is 30.9 Å². The van der Waals surface area contributed by atoms with Crippen LogP contribution in [0.1, 0.15) is 25.7 Å². The lowest BCUT2D eigenvalue weighted by molar-refractivity contribution is 0.171. The minimum atomic E-state index is 0.586. The molecule has 6 heteroatoms. The number of hydrogen-bond acceptors (Lipinski definition) is 6. The maximum atomic E-state index is 5.63. The van der Waals surface area contributed by atoms with Crippen molar-refractivity contribution in [3.63, 3.8) is 0 Å². The van der Waals surface area contributed by atoms with Crippen molar-refractivity contribution in [1.29, 1.82) is 0 Å². The maximum absolute atomic E-state index is 5.63. The van der Waals surface area contributed by atoms with E-state index in [-0.39, 0.29) is 0 Å². The minimum absolute atomic E-state index is 0.586. The summed E-state index contributed by atoms with van der Waals surface area (Å²) in [7, 11) is 0. The predicted molar refractivity (Wildman–Crippen MR) is 93.4 cm³/mol. The zero-order chi connectivity index (χ0) is 16.2. The number of benzene rings is 1. The van der Waals surface area contributed by atoms with Crippen molar-refractivity contribution in [2.75, 3.05) is 36.5 Å². The number of nitrogens with zero attached hydrogens (tertiary/aromatic N) is 3. The average molecular weight is 326 g/mol. The molecule has 24 heavy (non-hydrogen) atoms. The lowest BCUT2D eigenvalue weighted by atomic mass is 10.2. The van der Waals surface area contributed by atoms with Gasteiger partial charge in [-0.2, -0.15) is 0 Å². The molecule has 2 aliphatic heterocycles. The van der Waals surface area contributed by atoms with E-state index in [1.165, 1.54) is 25.7 Å². The Morgan fingerprint density at radius 1 is 0.875 bits per heavy atom. The third-order valence-electron chi connectivity index (χ3n) is 4.40. The molecular formula is C18H22N4O2. The summed E-state index contributed by atoms with van der Waals surface area (Å²) >= 11 is 0. The quantitative estimate of drug-likeness (QED) is 0.933. The Bertz CT molecular complexity index is 699. The summed E-state index contributed by atoms with van der Waals surface area (Å²) in [6.45, 7) is 3.33. The maximum Gasteiger partial charge on any atom is 0.163 e. The smallest absolute Gasteiger partial charge is 0.163 e. The predicted octanol–water partition coefficient (Wildman–Crippen LogP) is 3.37. The molecule has 1 fully saturated rings. The van der Waals surface area contributed by atoms with E-state index in [1.807, 2.05) is 24.3 Å². The SMILES string of the molecule is c1nc(Nc2ccc3c(c2)OCCO3)cc(N2CCCCCC2)n1. The monoisotopic (exact) mass is 326 g/mol. The van der Waals surface area contributed by atoms with Gasteiger partial charge in [0.2, 0.25) is 0 Å². The van der Waals surface area contributed by atoms with Crippen molar-refractivity contribution in [2.45, 2.75) is 25.7 Å². The number of nitrogens with one attached hydrogen (secondary N) is 1. The average Bonchev–Trinajstić information content (AvgIpc) is 2.91. The molecule has 2 aliphatic rings. The highest BCUT2D eigenvalue weighted by Gasteiger charge is 2.14. The molecule has 0 spiro atoms. The summed E-state index contributed by atoms with van der Waals surface area (Å²) in [5.74, 6) is 3.35. The molecule has 1 aromatic carbocycles. The molecule has 1 saturated heterocycles. The first kappa shape index (κ1) is 15.1. The van der Waals surface area contributed by atoms with Gasteiger partial charge in [0.15, 0.2) is 11.5 Å². The first-order valence-electron chi connectivity index (χ1n) is 8.62. The van der Waals surface area contributed by atoms with Crippen molar-refractivity contribution < 1.29 is 9.47 Å². The lowest BCUT2D eigenvalue weighted by Gasteiger charge is -2.22. The molecular weight excluding hydrogens is 304 g/mol. The molecule has 6 nitrogen and oxygen atoms in total. The van der Waals surface area contributed by atoms with Gasteiger partial charge in [-0.05, 0) is 25.0 Å². The fourth-order valence-electron chi connectivity index (χ4n) is 3.16. The van der Waals surface area contributed by atoms with Gasteiger partial charge in [-0.15, -0.1) is 0 Å². The summed E-state index contributed by atoms with van der Waals surface area (Å²) in [5.41, 5.74) is 0.930. The summed E-state index contributed by atoms with van der Waals surface area (Å²) in [6.07, 6.45) is 6.71. The van der Waals surface area contributed by atoms with Crippen LogP contribution in [0.15, 0.2) is 30.6 Å². The molecule has 0 atom stereocenters. The molecule has 0 unspecified atom stereocenters. The van der Waals surface area contributed by atoms with Crippen LogP contribution < -0.4 is 19.7 Å². The van der Waals surface area contributed by atoms with Gasteiger partial charge in [-0.3, -0.25) is 0 Å². The van der Waals surface area contributed by atoms with E-state index in [9.17, 15) is 0 Å². The van der Waals surface area contributed by atoms with Gasteiger partial charge in [-0.1, -0.05) is 12.8 Å². The second-order valence-corrected chi connectivity index (χ2v) is 6.15. The fraction of sp³-hybridized carbons (Fsp3) is 0.444. The van der Waals surface area contributed by atoms with Crippen LogP contribution in [0.4, 0.5) is 17.3 Å². The number of hydrogen-bond donors (Lipinski definition) is 1. The van der Waals surface area contributed by atoms with Crippen LogP contribution in [0.25, 0.3) is 0 Å². The molecule has 0 radical (unpaired) electrons. The third-order valence-corrected chi connectivity index (χ3v) is 4.40. The minimum Gasteiger partial charge on any atom is -0.486 e. The number of rotatable bonds is 3. The highest BCUT2D eigenvalue weighted by Crippen LogP contribution is 2.33. The van der Waals surface area contributed by atoms with Crippen LogP contribution in [-0.2, 0) is 0 Å². The number of anilines is 3. The topological polar surface area (TPSA) is 59.5 Å². The normalized spacial score (nSPS) is 17.2. The zero-order valence-corrected chi connectivity index (χ0v) is 13.7. The van der Waals surface area contributed by atoms with Crippen molar-refractivity contribution in [3.05, 3.63) is 30.6 Å². The van der Waals surface area contributed by atoms with Crippen LogP contribution in [0.3, 0.4) is 0 Å². The molecule has 126 valence electrons. The highest BCUT2D eigenvalue weighted by atomic mass is 16.6. The fourth-order valence-corrected chi connectivity index (χ4v) is 3.16. The molecule has 0 aliphatic carbocycles. The third kappa shape index (κ3) is 3.37. The Morgan fingerprint density at radius 2 is 1.67 bits per heavy atom. The van der Waals surface area contributed by atoms with Gasteiger partial charge in [0.05, 0.1) is 0 Å². The Hall–Kier alpha value is -2.50. The van der Waals surface area contributed by atoms with E-state index in [2.05, 4.69) is 20.2 Å². The number of ether oxygens (including phenoxy) is 2. The Labute approximate surface area is 141 Å². The van der Waals surface area contributed by atoms with E-state index < -0.39 is 0 Å². The Morgan fingerprint density at radius 3 is 2.50 bits per heavy atom. The van der Waals surface area contributed by atoms with E-state index >= 15 is 0 Å². The van der Waals surface area contributed by atoms with Crippen molar-refractivity contribution in [1.82, 2.24) is 9.97 Å². The highest BCUT2D eigenvalue weighted by molar-refractivity contribution is 5.63. The molecule has 0 amide bonds. The first-order valence-corrected chi connectivity index (χ1v) is 8.62. The number of aromatic nitrogens is 2. The van der Waals surface area contributed by atoms with Crippen LogP contribution in [0.2, 0.25) is 0 Å². The first-order chi connectivity index (χ1) is 11.9. The molecule has 0 saturated carbocycles. The van der Waals surface area contributed by atoms with Crippen molar-refractivity contribution in [3.8, 4) is 11.5 Å². The lowest BCUT2D eigenvalue weighted by Crippen LogP contribution is -2.25. The van der Waals surface area contributed by atoms with Gasteiger partial charge in [-0.25, -0.2) is 9.97 Å². The zero-order valence-electron chi connectivity index (χ0n) is 13.7. The summed E-state index contributed by atoms with van der Waals surface area (Å²) in [4.78, 5) is 11.1. The number of fused-ring (bicyclic) bond motifs is 1.